The fraction of sp³-hybridized carbons (Fsp3) is 0.375. The number of aromatic amines is 1. The highest BCUT2D eigenvalue weighted by molar-refractivity contribution is 5.74. The molecule has 3 rings (SSSR count). The largest absolute Gasteiger partial charge is 0.347 e. The molecule has 1 atom stereocenters. The average molecular weight is 284 g/mol. The van der Waals surface area contributed by atoms with E-state index >= 15 is 0 Å². The number of rotatable bonds is 3. The summed E-state index contributed by atoms with van der Waals surface area (Å²) < 4.78 is 0. The molecule has 1 unspecified atom stereocenters. The number of H-pyrrole nitrogens is 1. The number of hydrogen-bond acceptors (Lipinski definition) is 3. The van der Waals surface area contributed by atoms with Gasteiger partial charge in [-0.25, -0.2) is 4.98 Å². The first-order valence-electron chi connectivity index (χ1n) is 7.26. The predicted octanol–water partition coefficient (Wildman–Crippen LogP) is 1.82. The normalized spacial score (nSPS) is 19.7. The van der Waals surface area contributed by atoms with Crippen LogP contribution in [0, 0.1) is 0 Å². The second-order valence-electron chi connectivity index (χ2n) is 5.45. The molecule has 21 heavy (non-hydrogen) atoms. The maximum atomic E-state index is 11.9. The number of nitrogens with zero attached hydrogens (tertiary/aromatic N) is 3. The van der Waals surface area contributed by atoms with Crippen molar-refractivity contribution in [3.05, 3.63) is 54.1 Å². The molecule has 1 aliphatic heterocycles. The molecule has 1 fully saturated rings. The number of amides is 1. The van der Waals surface area contributed by atoms with E-state index in [9.17, 15) is 4.79 Å². The van der Waals surface area contributed by atoms with Gasteiger partial charge in [-0.3, -0.25) is 9.69 Å². The summed E-state index contributed by atoms with van der Waals surface area (Å²) in [5, 5.41) is 0. The van der Waals surface area contributed by atoms with Crippen molar-refractivity contribution < 1.29 is 4.79 Å². The van der Waals surface area contributed by atoms with Crippen molar-refractivity contribution in [2.24, 2.45) is 0 Å². The van der Waals surface area contributed by atoms with E-state index in [-0.39, 0.29) is 11.9 Å². The van der Waals surface area contributed by atoms with Gasteiger partial charge >= 0.3 is 0 Å². The molecule has 110 valence electrons. The smallest absolute Gasteiger partial charge is 0.220 e. The van der Waals surface area contributed by atoms with Gasteiger partial charge in [-0.15, -0.1) is 0 Å². The average Bonchev–Trinajstić information content (AvgIpc) is 3.01. The first-order chi connectivity index (χ1) is 10.2. The van der Waals surface area contributed by atoms with E-state index in [0.29, 0.717) is 0 Å². The third-order valence-corrected chi connectivity index (χ3v) is 4.00. The number of imidazole rings is 1. The fourth-order valence-electron chi connectivity index (χ4n) is 2.93. The lowest BCUT2D eigenvalue weighted by Gasteiger charge is -2.41. The lowest BCUT2D eigenvalue weighted by molar-refractivity contribution is -0.134. The molecule has 0 radical (unpaired) electrons. The SMILES string of the molecule is CC(=O)N1CCN(Cc2cnc[nH]2)CC1c1ccccc1. The summed E-state index contributed by atoms with van der Waals surface area (Å²) in [4.78, 5) is 23.4. The van der Waals surface area contributed by atoms with Crippen molar-refractivity contribution in [2.45, 2.75) is 19.5 Å². The highest BCUT2D eigenvalue weighted by atomic mass is 16.2. The standard InChI is InChI=1S/C16H20N4O/c1-13(21)20-8-7-19(10-15-9-17-12-18-15)11-16(20)14-5-3-2-4-6-14/h2-6,9,12,16H,7-8,10-11H2,1H3,(H,17,18). The van der Waals surface area contributed by atoms with Crippen LogP contribution in [0.15, 0.2) is 42.9 Å². The van der Waals surface area contributed by atoms with Crippen molar-refractivity contribution >= 4 is 5.91 Å². The topological polar surface area (TPSA) is 52.2 Å². The van der Waals surface area contributed by atoms with Gasteiger partial charge in [0.1, 0.15) is 0 Å². The monoisotopic (exact) mass is 284 g/mol. The molecule has 0 saturated carbocycles. The Bertz CT molecular complexity index is 582. The number of carbonyl (C=O) groups excluding carboxylic acids is 1. The minimum absolute atomic E-state index is 0.125. The highest BCUT2D eigenvalue weighted by Crippen LogP contribution is 2.26. The minimum Gasteiger partial charge on any atom is -0.347 e. The van der Waals surface area contributed by atoms with E-state index in [0.717, 1.165) is 31.9 Å². The van der Waals surface area contributed by atoms with Gasteiger partial charge in [-0.2, -0.15) is 0 Å². The van der Waals surface area contributed by atoms with Gasteiger partial charge < -0.3 is 9.88 Å². The maximum absolute atomic E-state index is 11.9. The van der Waals surface area contributed by atoms with E-state index < -0.39 is 0 Å². The zero-order chi connectivity index (χ0) is 14.7. The second kappa shape index (κ2) is 6.10. The van der Waals surface area contributed by atoms with E-state index in [1.807, 2.05) is 29.3 Å². The molecule has 5 heteroatoms. The maximum Gasteiger partial charge on any atom is 0.220 e. The molecule has 0 aliphatic carbocycles. The zero-order valence-electron chi connectivity index (χ0n) is 12.2. The summed E-state index contributed by atoms with van der Waals surface area (Å²) in [5.74, 6) is 0.144. The van der Waals surface area contributed by atoms with E-state index in [1.165, 1.54) is 5.56 Å². The molecule has 1 amide bonds. The molecule has 1 saturated heterocycles. The molecule has 5 nitrogen and oxygen atoms in total. The van der Waals surface area contributed by atoms with Gasteiger partial charge in [-0.05, 0) is 5.56 Å². The third-order valence-electron chi connectivity index (χ3n) is 4.00. The lowest BCUT2D eigenvalue weighted by atomic mass is 10.0. The molecule has 1 aromatic heterocycles. The van der Waals surface area contributed by atoms with E-state index in [2.05, 4.69) is 27.0 Å². The van der Waals surface area contributed by atoms with Crippen LogP contribution in [0.25, 0.3) is 0 Å². The summed E-state index contributed by atoms with van der Waals surface area (Å²) in [7, 11) is 0. The third kappa shape index (κ3) is 3.13. The second-order valence-corrected chi connectivity index (χ2v) is 5.45. The van der Waals surface area contributed by atoms with Gasteiger partial charge in [0.2, 0.25) is 5.91 Å². The quantitative estimate of drug-likeness (QED) is 0.935. The number of piperazine rings is 1. The number of carbonyl (C=O) groups is 1. The van der Waals surface area contributed by atoms with Crippen LogP contribution in [0.1, 0.15) is 24.2 Å². The van der Waals surface area contributed by atoms with Crippen LogP contribution in [0.5, 0.6) is 0 Å². The zero-order valence-corrected chi connectivity index (χ0v) is 12.2. The van der Waals surface area contributed by atoms with Crippen LogP contribution >= 0.6 is 0 Å². The summed E-state index contributed by atoms with van der Waals surface area (Å²) in [6.07, 6.45) is 3.56. The number of hydrogen-bond donors (Lipinski definition) is 1. The molecular formula is C16H20N4O. The van der Waals surface area contributed by atoms with Gasteiger partial charge in [0.25, 0.3) is 0 Å². The molecule has 2 aromatic rings. The van der Waals surface area contributed by atoms with E-state index in [4.69, 9.17) is 0 Å². The van der Waals surface area contributed by atoms with Crippen LogP contribution in [0.4, 0.5) is 0 Å². The Morgan fingerprint density at radius 3 is 2.81 bits per heavy atom. The summed E-state index contributed by atoms with van der Waals surface area (Å²) in [6.45, 7) is 5.00. The van der Waals surface area contributed by atoms with Crippen molar-refractivity contribution in [3.63, 3.8) is 0 Å². The molecule has 2 heterocycles. The summed E-state index contributed by atoms with van der Waals surface area (Å²) in [5.41, 5.74) is 2.31. The Labute approximate surface area is 124 Å². The van der Waals surface area contributed by atoms with Gasteiger partial charge in [-0.1, -0.05) is 30.3 Å². The summed E-state index contributed by atoms with van der Waals surface area (Å²) >= 11 is 0. The highest BCUT2D eigenvalue weighted by Gasteiger charge is 2.29. The van der Waals surface area contributed by atoms with Gasteiger partial charge in [0.15, 0.2) is 0 Å². The Morgan fingerprint density at radius 2 is 2.14 bits per heavy atom. The van der Waals surface area contributed by atoms with Crippen LogP contribution < -0.4 is 0 Å². The predicted molar refractivity (Wildman–Crippen MR) is 80.4 cm³/mol. The first kappa shape index (κ1) is 13.8. The van der Waals surface area contributed by atoms with Crippen molar-refractivity contribution in [1.29, 1.82) is 0 Å². The summed E-state index contributed by atoms with van der Waals surface area (Å²) in [6, 6.07) is 10.4. The minimum atomic E-state index is 0.125. The van der Waals surface area contributed by atoms with Crippen LogP contribution in [-0.2, 0) is 11.3 Å². The Kier molecular flexibility index (Phi) is 4.01. The van der Waals surface area contributed by atoms with Crippen molar-refractivity contribution in [2.75, 3.05) is 19.6 Å². The van der Waals surface area contributed by atoms with Crippen molar-refractivity contribution in [1.82, 2.24) is 19.8 Å². The Morgan fingerprint density at radius 1 is 1.33 bits per heavy atom. The van der Waals surface area contributed by atoms with E-state index in [1.54, 1.807) is 13.3 Å². The molecule has 1 aliphatic rings. The van der Waals surface area contributed by atoms with Gasteiger partial charge in [0, 0.05) is 45.0 Å². The van der Waals surface area contributed by atoms with Crippen molar-refractivity contribution in [3.8, 4) is 0 Å². The Balaban J connectivity index is 1.77. The molecule has 1 aromatic carbocycles. The molecule has 0 spiro atoms. The molecular weight excluding hydrogens is 264 g/mol. The fourth-order valence-corrected chi connectivity index (χ4v) is 2.93. The molecule has 0 bridgehead atoms. The van der Waals surface area contributed by atoms with Crippen LogP contribution in [0.2, 0.25) is 0 Å². The number of benzene rings is 1. The molecule has 1 N–H and O–H groups in total. The Hall–Kier alpha value is -2.14. The first-order valence-corrected chi connectivity index (χ1v) is 7.26. The lowest BCUT2D eigenvalue weighted by Crippen LogP contribution is -2.49. The van der Waals surface area contributed by atoms with Crippen LogP contribution in [0.3, 0.4) is 0 Å². The number of nitrogens with one attached hydrogen (secondary N) is 1. The van der Waals surface area contributed by atoms with Gasteiger partial charge in [0.05, 0.1) is 12.4 Å². The number of aromatic nitrogens is 2. The van der Waals surface area contributed by atoms with Crippen LogP contribution in [-0.4, -0.2) is 45.3 Å².